The summed E-state index contributed by atoms with van der Waals surface area (Å²) in [5.74, 6) is -15.2. The van der Waals surface area contributed by atoms with E-state index in [1.54, 1.807) is 58.0 Å². The Hall–Kier alpha value is -7.26. The first-order chi connectivity index (χ1) is 36.0. The molecule has 0 spiro atoms. The Bertz CT molecular complexity index is 2180. The van der Waals surface area contributed by atoms with E-state index in [0.717, 1.165) is 12.5 Å². The van der Waals surface area contributed by atoms with Crippen LogP contribution in [-0.2, 0) is 64.0 Å². The Labute approximate surface area is 446 Å². The molecular weight excluding hydrogens is 1010 g/mol. The zero-order valence-corrected chi connectivity index (χ0v) is 44.7. The highest BCUT2D eigenvalue weighted by Crippen LogP contribution is 2.13. The van der Waals surface area contributed by atoms with Gasteiger partial charge >= 0.3 is 23.9 Å². The molecule has 0 heterocycles. The minimum atomic E-state index is -1.97. The van der Waals surface area contributed by atoms with Crippen molar-refractivity contribution in [1.82, 2.24) is 42.5 Å². The maximum absolute atomic E-state index is 13.9. The summed E-state index contributed by atoms with van der Waals surface area (Å²) < 4.78 is 0. The van der Waals surface area contributed by atoms with Crippen molar-refractivity contribution in [3.05, 3.63) is 35.9 Å². The molecule has 0 bridgehead atoms. The number of benzene rings is 1. The SMILES string of the molecule is CC(C)CC(NC(=O)C(N)Cc1ccccc1)C(=O)NC(C(=O)NC(CCC(=O)O)C(=O)NC(C(=O)NC(CCC(=O)O)C(=O)NC(CCCCN)C(=O)NC(CCC(=O)O)C(=O)NC(C(=O)O)C(C)C)C(C)O)C(C)C. The fraction of sp³-hybridized carbons (Fsp3) is 0.640. The second kappa shape index (κ2) is 34.4. The number of amides is 8. The molecule has 0 aliphatic rings. The zero-order chi connectivity index (χ0) is 58.7. The van der Waals surface area contributed by atoms with Crippen LogP contribution in [0.1, 0.15) is 118 Å². The van der Waals surface area contributed by atoms with Gasteiger partial charge < -0.3 is 79.5 Å². The van der Waals surface area contributed by atoms with Gasteiger partial charge in [-0.25, -0.2) is 4.79 Å². The molecule has 1 rings (SSSR count). The summed E-state index contributed by atoms with van der Waals surface area (Å²) in [5.41, 5.74) is 12.6. The number of carboxylic acid groups (broad SMARTS) is 4. The van der Waals surface area contributed by atoms with E-state index >= 15 is 0 Å². The van der Waals surface area contributed by atoms with E-state index in [4.69, 9.17) is 11.5 Å². The predicted molar refractivity (Wildman–Crippen MR) is 276 cm³/mol. The smallest absolute Gasteiger partial charge is 0.326 e. The van der Waals surface area contributed by atoms with Gasteiger partial charge in [0.25, 0.3) is 0 Å². The van der Waals surface area contributed by atoms with Crippen LogP contribution in [0.25, 0.3) is 0 Å². The Morgan fingerprint density at radius 1 is 0.455 bits per heavy atom. The van der Waals surface area contributed by atoms with Crippen LogP contribution in [0.2, 0.25) is 0 Å². The maximum atomic E-state index is 13.9. The molecular formula is C50H80N10O17. The van der Waals surface area contributed by atoms with Gasteiger partial charge in [-0.05, 0) is 88.2 Å². The highest BCUT2D eigenvalue weighted by atomic mass is 16.4. The van der Waals surface area contributed by atoms with E-state index in [2.05, 4.69) is 42.5 Å². The largest absolute Gasteiger partial charge is 0.481 e. The average molecular weight is 1090 g/mol. The molecule has 8 amide bonds. The monoisotopic (exact) mass is 1090 g/mol. The summed E-state index contributed by atoms with van der Waals surface area (Å²) in [5, 5.41) is 67.9. The van der Waals surface area contributed by atoms with Crippen LogP contribution in [0.15, 0.2) is 30.3 Å². The van der Waals surface area contributed by atoms with Crippen LogP contribution >= 0.6 is 0 Å². The molecule has 77 heavy (non-hydrogen) atoms. The first-order valence-electron chi connectivity index (χ1n) is 25.5. The lowest BCUT2D eigenvalue weighted by Crippen LogP contribution is -2.62. The fourth-order valence-corrected chi connectivity index (χ4v) is 7.60. The van der Waals surface area contributed by atoms with Crippen molar-refractivity contribution in [3.63, 3.8) is 0 Å². The fourth-order valence-electron chi connectivity index (χ4n) is 7.60. The van der Waals surface area contributed by atoms with Gasteiger partial charge in [0.15, 0.2) is 0 Å². The van der Waals surface area contributed by atoms with Crippen LogP contribution < -0.4 is 54.0 Å². The molecule has 17 N–H and O–H groups in total. The predicted octanol–water partition coefficient (Wildman–Crippen LogP) is -2.02. The van der Waals surface area contributed by atoms with E-state index < -0.39 is 182 Å². The number of nitrogens with two attached hydrogens (primary N) is 2. The highest BCUT2D eigenvalue weighted by Gasteiger charge is 2.37. The summed E-state index contributed by atoms with van der Waals surface area (Å²) in [6.45, 7) is 10.9. The van der Waals surface area contributed by atoms with Crippen LogP contribution in [0.5, 0.6) is 0 Å². The van der Waals surface area contributed by atoms with E-state index in [1.165, 1.54) is 13.8 Å². The van der Waals surface area contributed by atoms with Crippen molar-refractivity contribution in [1.29, 1.82) is 0 Å². The summed E-state index contributed by atoms with van der Waals surface area (Å²) in [6, 6.07) is -4.79. The van der Waals surface area contributed by atoms with Crippen molar-refractivity contribution >= 4 is 71.1 Å². The molecule has 1 aromatic rings. The van der Waals surface area contributed by atoms with Crippen molar-refractivity contribution in [2.45, 2.75) is 180 Å². The molecule has 0 saturated heterocycles. The van der Waals surface area contributed by atoms with Gasteiger partial charge in [0.2, 0.25) is 47.3 Å². The number of carboxylic acids is 4. The standard InChI is InChI=1S/C50H80N10O17/c1-25(2)23-35(57-42(68)30(52)24-29-13-9-8-10-14-29)47(73)58-39(26(3)4)48(74)55-34(18-21-38(66)67)46(72)60-41(28(7)61)49(75)56-32(16-19-36(62)63)44(70)53-31(15-11-12-22-51)43(69)54-33(17-20-37(64)65)45(71)59-40(27(5)6)50(76)77/h8-10,13-14,25-28,30-35,39-41,61H,11-12,15-24,51-52H2,1-7H3,(H,53,70)(H,54,69)(H,55,74)(H,56,75)(H,57,68)(H,58,73)(H,59,71)(H,60,72)(H,62,63)(H,64,65)(H,66,67)(H,76,77). The normalized spacial score (nSPS) is 15.1. The van der Waals surface area contributed by atoms with Crippen LogP contribution in [0.3, 0.4) is 0 Å². The quantitative estimate of drug-likeness (QED) is 0.0320. The zero-order valence-electron chi connectivity index (χ0n) is 44.7. The molecule has 0 aliphatic carbocycles. The molecule has 27 nitrogen and oxygen atoms in total. The summed E-state index contributed by atoms with van der Waals surface area (Å²) in [4.78, 5) is 157. The first kappa shape index (κ1) is 67.8. The molecule has 432 valence electrons. The van der Waals surface area contributed by atoms with Gasteiger partial charge in [-0.3, -0.25) is 52.7 Å². The molecule has 0 fully saturated rings. The van der Waals surface area contributed by atoms with Crippen molar-refractivity contribution in [2.75, 3.05) is 6.54 Å². The van der Waals surface area contributed by atoms with Crippen molar-refractivity contribution in [2.24, 2.45) is 29.2 Å². The number of aliphatic hydroxyl groups is 1. The molecule has 27 heteroatoms. The topological polar surface area (TPSA) is 454 Å². The van der Waals surface area contributed by atoms with Gasteiger partial charge in [0.1, 0.15) is 48.3 Å². The summed E-state index contributed by atoms with van der Waals surface area (Å²) in [7, 11) is 0. The lowest BCUT2D eigenvalue weighted by atomic mass is 9.98. The number of aliphatic carboxylic acids is 4. The van der Waals surface area contributed by atoms with Gasteiger partial charge in [-0.1, -0.05) is 71.9 Å². The van der Waals surface area contributed by atoms with Gasteiger partial charge in [0, 0.05) is 19.3 Å². The number of carbonyl (C=O) groups excluding carboxylic acids is 8. The number of hydrogen-bond donors (Lipinski definition) is 15. The highest BCUT2D eigenvalue weighted by molar-refractivity contribution is 5.98. The third-order valence-corrected chi connectivity index (χ3v) is 11.9. The van der Waals surface area contributed by atoms with Crippen LogP contribution in [0.4, 0.5) is 0 Å². The Morgan fingerprint density at radius 3 is 1.21 bits per heavy atom. The van der Waals surface area contributed by atoms with E-state index in [0.29, 0.717) is 6.42 Å². The lowest BCUT2D eigenvalue weighted by Gasteiger charge is -2.29. The van der Waals surface area contributed by atoms with Crippen molar-refractivity contribution < 1.29 is 83.1 Å². The first-order valence-corrected chi connectivity index (χ1v) is 25.5. The molecule has 10 atom stereocenters. The van der Waals surface area contributed by atoms with E-state index in [9.17, 15) is 83.1 Å². The Kier molecular flexibility index (Phi) is 30.3. The summed E-state index contributed by atoms with van der Waals surface area (Å²) in [6.07, 6.45) is -5.00. The third-order valence-electron chi connectivity index (χ3n) is 11.9. The molecule has 0 aromatic heterocycles. The third kappa shape index (κ3) is 25.9. The van der Waals surface area contributed by atoms with E-state index in [1.807, 2.05) is 0 Å². The molecule has 0 radical (unpaired) electrons. The van der Waals surface area contributed by atoms with Gasteiger partial charge in [0.05, 0.1) is 12.1 Å². The molecule has 0 aliphatic heterocycles. The van der Waals surface area contributed by atoms with Crippen molar-refractivity contribution in [3.8, 4) is 0 Å². The Morgan fingerprint density at radius 2 is 0.818 bits per heavy atom. The molecule has 0 saturated carbocycles. The maximum Gasteiger partial charge on any atom is 0.326 e. The number of nitrogens with one attached hydrogen (secondary N) is 8. The summed E-state index contributed by atoms with van der Waals surface area (Å²) >= 11 is 0. The number of hydrogen-bond acceptors (Lipinski definition) is 15. The van der Waals surface area contributed by atoms with Crippen LogP contribution in [-0.4, -0.2) is 164 Å². The number of aliphatic hydroxyl groups excluding tert-OH is 1. The van der Waals surface area contributed by atoms with E-state index in [-0.39, 0.29) is 38.1 Å². The number of rotatable bonds is 37. The Balaban J connectivity index is 3.47. The molecule has 10 unspecified atom stereocenters. The van der Waals surface area contributed by atoms with Gasteiger partial charge in [-0.15, -0.1) is 0 Å². The second-order valence-electron chi connectivity index (χ2n) is 19.8. The second-order valence-corrected chi connectivity index (χ2v) is 19.8. The minimum absolute atomic E-state index is 0.130. The van der Waals surface area contributed by atoms with Gasteiger partial charge in [-0.2, -0.15) is 0 Å². The number of carbonyl (C=O) groups is 12. The lowest BCUT2D eigenvalue weighted by molar-refractivity contribution is -0.144. The average Bonchev–Trinajstić information content (AvgIpc) is 3.33. The minimum Gasteiger partial charge on any atom is -0.481 e. The number of unbranched alkanes of at least 4 members (excludes halogenated alkanes) is 1. The molecule has 1 aromatic carbocycles. The van der Waals surface area contributed by atoms with Crippen LogP contribution in [0, 0.1) is 17.8 Å².